The summed E-state index contributed by atoms with van der Waals surface area (Å²) in [6.07, 6.45) is 33.0. The maximum atomic E-state index is 12.9. The van der Waals surface area contributed by atoms with E-state index in [0.717, 1.165) is 38.5 Å². The molecule has 0 aliphatic carbocycles. The summed E-state index contributed by atoms with van der Waals surface area (Å²) in [6, 6.07) is 4.52. The number of fused-ring (bicyclic) bond motifs is 1. The van der Waals surface area contributed by atoms with Crippen LogP contribution in [0.1, 0.15) is 87.1 Å². The molecule has 0 radical (unpaired) electrons. The van der Waals surface area contributed by atoms with E-state index in [0.29, 0.717) is 36.1 Å². The van der Waals surface area contributed by atoms with Gasteiger partial charge >= 0.3 is 0 Å². The minimum absolute atomic E-state index is 0.130. The van der Waals surface area contributed by atoms with Crippen LogP contribution in [-0.4, -0.2) is 34.6 Å². The number of anilines is 1. The van der Waals surface area contributed by atoms with Crippen molar-refractivity contribution in [2.45, 2.75) is 83.7 Å². The number of rotatable bonds is 16. The van der Waals surface area contributed by atoms with Gasteiger partial charge in [-0.15, -0.1) is 0 Å². The molecule has 7 heteroatoms. The lowest BCUT2D eigenvalue weighted by Crippen LogP contribution is -2.52. The third kappa shape index (κ3) is 10.6. The van der Waals surface area contributed by atoms with Crippen molar-refractivity contribution in [1.29, 1.82) is 0 Å². The summed E-state index contributed by atoms with van der Waals surface area (Å²) in [7, 11) is 0. The first kappa shape index (κ1) is 32.3. The summed E-state index contributed by atoms with van der Waals surface area (Å²) in [4.78, 5) is 50.8. The molecule has 1 saturated heterocycles. The van der Waals surface area contributed by atoms with E-state index in [2.05, 4.69) is 84.4 Å². The van der Waals surface area contributed by atoms with Crippen LogP contribution < -0.4 is 10.6 Å². The number of nitrogens with zero attached hydrogens (tertiary/aromatic N) is 1. The van der Waals surface area contributed by atoms with Crippen molar-refractivity contribution in [3.8, 4) is 0 Å². The largest absolute Gasteiger partial charge is 0.326 e. The SMILES string of the molecule is CC/C=C\C/C=C\C/C=C\C/C=C\C/C=C\C/C=C\CCC(=O)Nc1cccc2c1CN(C1CCC(=O)NC1=O)C2=O. The zero-order valence-corrected chi connectivity index (χ0v) is 24.6. The lowest BCUT2D eigenvalue weighted by atomic mass is 10.0. The first-order valence-electron chi connectivity index (χ1n) is 15.0. The van der Waals surface area contributed by atoms with Crippen LogP contribution in [0, 0.1) is 0 Å². The zero-order valence-electron chi connectivity index (χ0n) is 24.6. The number of carbonyl (C=O) groups is 4. The Kier molecular flexibility index (Phi) is 14.0. The van der Waals surface area contributed by atoms with Crippen molar-refractivity contribution in [3.63, 3.8) is 0 Å². The van der Waals surface area contributed by atoms with Crippen molar-refractivity contribution in [3.05, 3.63) is 102 Å². The van der Waals surface area contributed by atoms with Gasteiger partial charge in [0, 0.05) is 36.2 Å². The summed E-state index contributed by atoms with van der Waals surface area (Å²) in [6.45, 7) is 2.37. The number of hydrogen-bond acceptors (Lipinski definition) is 4. The van der Waals surface area contributed by atoms with Crippen molar-refractivity contribution >= 4 is 29.3 Å². The lowest BCUT2D eigenvalue weighted by molar-refractivity contribution is -0.137. The van der Waals surface area contributed by atoms with Crippen LogP contribution in [0.15, 0.2) is 91.1 Å². The molecule has 0 aromatic heterocycles. The Morgan fingerprint density at radius 1 is 0.857 bits per heavy atom. The van der Waals surface area contributed by atoms with Gasteiger partial charge in [0.2, 0.25) is 17.7 Å². The minimum atomic E-state index is -0.681. The highest BCUT2D eigenvalue weighted by atomic mass is 16.2. The monoisotopic (exact) mass is 569 g/mol. The Hall–Kier alpha value is -4.26. The predicted octanol–water partition coefficient (Wildman–Crippen LogP) is 6.86. The maximum Gasteiger partial charge on any atom is 0.255 e. The highest BCUT2D eigenvalue weighted by molar-refractivity contribution is 6.06. The molecule has 4 amide bonds. The van der Waals surface area contributed by atoms with E-state index in [9.17, 15) is 19.2 Å². The van der Waals surface area contributed by atoms with Crippen LogP contribution in [0.4, 0.5) is 5.69 Å². The lowest BCUT2D eigenvalue weighted by Gasteiger charge is -2.29. The molecule has 42 heavy (non-hydrogen) atoms. The van der Waals surface area contributed by atoms with Gasteiger partial charge in [0.25, 0.3) is 5.91 Å². The fourth-order valence-electron chi connectivity index (χ4n) is 4.77. The van der Waals surface area contributed by atoms with Gasteiger partial charge in [-0.25, -0.2) is 0 Å². The van der Waals surface area contributed by atoms with Gasteiger partial charge < -0.3 is 10.2 Å². The fourth-order valence-corrected chi connectivity index (χ4v) is 4.77. The highest BCUT2D eigenvalue weighted by Gasteiger charge is 2.39. The van der Waals surface area contributed by atoms with Crippen LogP contribution in [-0.2, 0) is 20.9 Å². The molecule has 1 fully saturated rings. The Labute approximate surface area is 249 Å². The zero-order chi connectivity index (χ0) is 30.0. The maximum absolute atomic E-state index is 12.9. The summed E-state index contributed by atoms with van der Waals surface area (Å²) in [5.74, 6) is -1.15. The van der Waals surface area contributed by atoms with Crippen molar-refractivity contribution < 1.29 is 19.2 Å². The third-order valence-electron chi connectivity index (χ3n) is 6.99. The number of nitrogens with one attached hydrogen (secondary N) is 2. The molecule has 2 aliphatic rings. The highest BCUT2D eigenvalue weighted by Crippen LogP contribution is 2.32. The van der Waals surface area contributed by atoms with Gasteiger partial charge in [0.05, 0.1) is 0 Å². The van der Waals surface area contributed by atoms with E-state index in [1.54, 1.807) is 18.2 Å². The van der Waals surface area contributed by atoms with Crippen molar-refractivity contribution in [1.82, 2.24) is 10.2 Å². The smallest absolute Gasteiger partial charge is 0.255 e. The number of carbonyl (C=O) groups excluding carboxylic acids is 4. The second-order valence-corrected chi connectivity index (χ2v) is 10.2. The van der Waals surface area contributed by atoms with Gasteiger partial charge in [-0.2, -0.15) is 0 Å². The molecule has 1 aromatic carbocycles. The molecule has 2 heterocycles. The average Bonchev–Trinajstić information content (AvgIpc) is 3.31. The van der Waals surface area contributed by atoms with E-state index >= 15 is 0 Å². The molecule has 1 aromatic rings. The summed E-state index contributed by atoms with van der Waals surface area (Å²) >= 11 is 0. The van der Waals surface area contributed by atoms with Crippen LogP contribution >= 0.6 is 0 Å². The molecule has 222 valence electrons. The van der Waals surface area contributed by atoms with Crippen LogP contribution in [0.3, 0.4) is 0 Å². The van der Waals surface area contributed by atoms with E-state index < -0.39 is 11.9 Å². The second kappa shape index (κ2) is 18.2. The quantitative estimate of drug-likeness (QED) is 0.168. The third-order valence-corrected chi connectivity index (χ3v) is 6.99. The van der Waals surface area contributed by atoms with E-state index in [4.69, 9.17) is 0 Å². The summed E-state index contributed by atoms with van der Waals surface area (Å²) < 4.78 is 0. The van der Waals surface area contributed by atoms with E-state index in [1.165, 1.54) is 4.90 Å². The second-order valence-electron chi connectivity index (χ2n) is 10.2. The number of hydrogen-bond donors (Lipinski definition) is 2. The first-order valence-corrected chi connectivity index (χ1v) is 15.0. The number of amides is 4. The molecule has 0 saturated carbocycles. The van der Waals surface area contributed by atoms with Crippen LogP contribution in [0.2, 0.25) is 0 Å². The molecule has 2 N–H and O–H groups in total. The molecule has 2 aliphatic heterocycles. The van der Waals surface area contributed by atoms with Gasteiger partial charge in [0.15, 0.2) is 0 Å². The van der Waals surface area contributed by atoms with Crippen molar-refractivity contribution in [2.75, 3.05) is 5.32 Å². The fraction of sp³-hybridized carbons (Fsp3) is 0.371. The number of piperidine rings is 1. The molecule has 0 spiro atoms. The predicted molar refractivity (Wildman–Crippen MR) is 169 cm³/mol. The van der Waals surface area contributed by atoms with E-state index in [-0.39, 0.29) is 30.7 Å². The first-order chi connectivity index (χ1) is 20.5. The molecule has 3 rings (SSSR count). The molecule has 1 atom stereocenters. The Balaban J connectivity index is 1.30. The standard InChI is InChI=1S/C35H43N3O4/c1-2-3-4-5-6-7-8-9-10-11-12-13-14-15-16-17-18-19-20-24-32(39)36-30-23-21-22-28-29(30)27-38(35(28)42)31-25-26-33(40)37-34(31)41/h3-4,6-7,9-10,12-13,15-16,18-19,21-23,31H,2,5,8,11,14,17,20,24-27H2,1H3,(H,36,39)(H,37,40,41)/b4-3-,7-6-,10-9-,13-12-,16-15-,19-18-. The topological polar surface area (TPSA) is 95.6 Å². The molecular weight excluding hydrogens is 526 g/mol. The van der Waals surface area contributed by atoms with Crippen LogP contribution in [0.5, 0.6) is 0 Å². The van der Waals surface area contributed by atoms with E-state index in [1.807, 2.05) is 6.08 Å². The Morgan fingerprint density at radius 2 is 1.43 bits per heavy atom. The number of imide groups is 1. The van der Waals surface area contributed by atoms with Gasteiger partial charge in [-0.3, -0.25) is 24.5 Å². The Morgan fingerprint density at radius 3 is 2.00 bits per heavy atom. The molecular formula is C35H43N3O4. The summed E-state index contributed by atoms with van der Waals surface area (Å²) in [5.41, 5.74) is 1.77. The van der Waals surface area contributed by atoms with Gasteiger partial charge in [0.1, 0.15) is 6.04 Å². The average molecular weight is 570 g/mol. The summed E-state index contributed by atoms with van der Waals surface area (Å²) in [5, 5.41) is 5.23. The minimum Gasteiger partial charge on any atom is -0.326 e. The molecule has 0 bridgehead atoms. The van der Waals surface area contributed by atoms with Crippen molar-refractivity contribution in [2.24, 2.45) is 0 Å². The Bertz CT molecular complexity index is 1270. The molecule has 7 nitrogen and oxygen atoms in total. The van der Waals surface area contributed by atoms with Crippen LogP contribution in [0.25, 0.3) is 0 Å². The van der Waals surface area contributed by atoms with Gasteiger partial charge in [-0.05, 0) is 63.5 Å². The molecule has 1 unspecified atom stereocenters. The van der Waals surface area contributed by atoms with Gasteiger partial charge in [-0.1, -0.05) is 85.9 Å². The number of allylic oxidation sites excluding steroid dienone is 12. The normalized spacial score (nSPS) is 17.7. The number of benzene rings is 1.